The number of nitrogens with zero attached hydrogens (tertiary/aromatic N) is 2. The van der Waals surface area contributed by atoms with Crippen LogP contribution in [0.25, 0.3) is 0 Å². The summed E-state index contributed by atoms with van der Waals surface area (Å²) in [6, 6.07) is 15.9. The van der Waals surface area contributed by atoms with Gasteiger partial charge >= 0.3 is 0 Å². The maximum atomic E-state index is 10.6. The maximum Gasteiger partial charge on any atom is 0.124 e. The summed E-state index contributed by atoms with van der Waals surface area (Å²) >= 11 is 0. The second-order valence-electron chi connectivity index (χ2n) is 7.96. The molecule has 1 heterocycles. The van der Waals surface area contributed by atoms with Crippen LogP contribution in [0, 0.1) is 0 Å². The third-order valence-corrected chi connectivity index (χ3v) is 4.58. The molecule has 4 nitrogen and oxygen atoms in total. The van der Waals surface area contributed by atoms with Crippen LogP contribution in [-0.4, -0.2) is 26.8 Å². The zero-order chi connectivity index (χ0) is 19.4. The Morgan fingerprint density at radius 2 is 1.89 bits per heavy atom. The van der Waals surface area contributed by atoms with Crippen molar-refractivity contribution >= 4 is 5.71 Å². The number of nitrogens with one attached hydrogen (secondary N) is 1. The van der Waals surface area contributed by atoms with E-state index in [2.05, 4.69) is 43.7 Å². The Labute approximate surface area is 161 Å². The number of phenols is 1. The van der Waals surface area contributed by atoms with E-state index >= 15 is 0 Å². The van der Waals surface area contributed by atoms with Gasteiger partial charge in [0.05, 0.1) is 18.1 Å². The SMILES string of the molecule is C[C@H](Cc1cnc[nH]1)N=C(c1ccccc1)c1cc(C(C)(C)C)ccc1O. The van der Waals surface area contributed by atoms with E-state index in [4.69, 9.17) is 4.99 Å². The van der Waals surface area contributed by atoms with Crippen molar-refractivity contribution in [1.82, 2.24) is 9.97 Å². The summed E-state index contributed by atoms with van der Waals surface area (Å²) < 4.78 is 0. The molecule has 140 valence electrons. The number of phenolic OH excluding ortho intramolecular Hbond substituents is 1. The fraction of sp³-hybridized carbons (Fsp3) is 0.304. The van der Waals surface area contributed by atoms with Gasteiger partial charge in [-0.15, -0.1) is 0 Å². The van der Waals surface area contributed by atoms with E-state index in [0.717, 1.165) is 29.0 Å². The highest BCUT2D eigenvalue weighted by Gasteiger charge is 2.19. The van der Waals surface area contributed by atoms with Crippen LogP contribution < -0.4 is 0 Å². The molecule has 4 heteroatoms. The first-order valence-electron chi connectivity index (χ1n) is 9.29. The number of benzene rings is 2. The highest BCUT2D eigenvalue weighted by atomic mass is 16.3. The lowest BCUT2D eigenvalue weighted by Gasteiger charge is -2.21. The lowest BCUT2D eigenvalue weighted by Crippen LogP contribution is -2.15. The van der Waals surface area contributed by atoms with Crippen molar-refractivity contribution in [2.75, 3.05) is 0 Å². The minimum absolute atomic E-state index is 0.00815. The molecule has 2 aromatic carbocycles. The van der Waals surface area contributed by atoms with Crippen molar-refractivity contribution in [3.05, 3.63) is 83.4 Å². The van der Waals surface area contributed by atoms with E-state index < -0.39 is 0 Å². The van der Waals surface area contributed by atoms with Crippen LogP contribution in [0.1, 0.15) is 50.1 Å². The molecule has 0 aliphatic heterocycles. The zero-order valence-corrected chi connectivity index (χ0v) is 16.4. The quantitative estimate of drug-likeness (QED) is 0.636. The highest BCUT2D eigenvalue weighted by Crippen LogP contribution is 2.29. The smallest absolute Gasteiger partial charge is 0.124 e. The van der Waals surface area contributed by atoms with Crippen LogP contribution in [0.5, 0.6) is 5.75 Å². The van der Waals surface area contributed by atoms with E-state index in [1.807, 2.05) is 42.6 Å². The Morgan fingerprint density at radius 1 is 1.15 bits per heavy atom. The molecule has 0 amide bonds. The molecule has 0 saturated heterocycles. The van der Waals surface area contributed by atoms with Crippen LogP contribution >= 0.6 is 0 Å². The van der Waals surface area contributed by atoms with Crippen molar-refractivity contribution in [3.63, 3.8) is 0 Å². The van der Waals surface area contributed by atoms with Crippen molar-refractivity contribution in [2.24, 2.45) is 4.99 Å². The van der Waals surface area contributed by atoms with Gasteiger partial charge in [-0.3, -0.25) is 4.99 Å². The van der Waals surface area contributed by atoms with Gasteiger partial charge in [-0.1, -0.05) is 57.2 Å². The van der Waals surface area contributed by atoms with Crippen LogP contribution in [-0.2, 0) is 11.8 Å². The Hall–Kier alpha value is -2.88. The van der Waals surface area contributed by atoms with Crippen molar-refractivity contribution < 1.29 is 5.11 Å². The fourth-order valence-electron chi connectivity index (χ4n) is 3.07. The molecule has 0 fully saturated rings. The van der Waals surface area contributed by atoms with Crippen LogP contribution in [0.2, 0.25) is 0 Å². The van der Waals surface area contributed by atoms with Gasteiger partial charge in [0.15, 0.2) is 0 Å². The van der Waals surface area contributed by atoms with E-state index in [0.29, 0.717) is 0 Å². The first-order chi connectivity index (χ1) is 12.8. The van der Waals surface area contributed by atoms with Gasteiger partial charge < -0.3 is 10.1 Å². The van der Waals surface area contributed by atoms with E-state index in [1.165, 1.54) is 5.56 Å². The van der Waals surface area contributed by atoms with Gasteiger partial charge in [-0.25, -0.2) is 4.98 Å². The average molecular weight is 361 g/mol. The molecule has 1 atom stereocenters. The first-order valence-corrected chi connectivity index (χ1v) is 9.29. The molecule has 3 aromatic rings. The highest BCUT2D eigenvalue weighted by molar-refractivity contribution is 6.14. The van der Waals surface area contributed by atoms with Gasteiger partial charge in [0.2, 0.25) is 0 Å². The lowest BCUT2D eigenvalue weighted by atomic mass is 9.85. The molecule has 3 rings (SSSR count). The number of hydrogen-bond acceptors (Lipinski definition) is 3. The van der Waals surface area contributed by atoms with Gasteiger partial charge in [0.25, 0.3) is 0 Å². The van der Waals surface area contributed by atoms with E-state index in [-0.39, 0.29) is 17.2 Å². The number of imidazole rings is 1. The molecule has 0 aliphatic carbocycles. The Kier molecular flexibility index (Phi) is 5.45. The largest absolute Gasteiger partial charge is 0.507 e. The lowest BCUT2D eigenvalue weighted by molar-refractivity contribution is 0.473. The summed E-state index contributed by atoms with van der Waals surface area (Å²) in [7, 11) is 0. The average Bonchev–Trinajstić information content (AvgIpc) is 3.13. The molecule has 0 unspecified atom stereocenters. The van der Waals surface area contributed by atoms with Gasteiger partial charge in [-0.2, -0.15) is 0 Å². The van der Waals surface area contributed by atoms with E-state index in [9.17, 15) is 5.11 Å². The second-order valence-corrected chi connectivity index (χ2v) is 7.96. The predicted octanol–water partition coefficient (Wildman–Crippen LogP) is 4.88. The summed E-state index contributed by atoms with van der Waals surface area (Å²) in [6.45, 7) is 8.59. The topological polar surface area (TPSA) is 61.3 Å². The fourth-order valence-corrected chi connectivity index (χ4v) is 3.07. The van der Waals surface area contributed by atoms with Crippen molar-refractivity contribution in [1.29, 1.82) is 0 Å². The van der Waals surface area contributed by atoms with Crippen LogP contribution in [0.4, 0.5) is 0 Å². The molecule has 0 saturated carbocycles. The Morgan fingerprint density at radius 3 is 2.52 bits per heavy atom. The van der Waals surface area contributed by atoms with Crippen LogP contribution in [0.15, 0.2) is 66.0 Å². The predicted molar refractivity (Wildman–Crippen MR) is 111 cm³/mol. The van der Waals surface area contributed by atoms with Crippen molar-refractivity contribution in [3.8, 4) is 5.75 Å². The summed E-state index contributed by atoms with van der Waals surface area (Å²) in [6.07, 6.45) is 4.27. The zero-order valence-electron chi connectivity index (χ0n) is 16.4. The van der Waals surface area contributed by atoms with Crippen LogP contribution in [0.3, 0.4) is 0 Å². The molecule has 0 radical (unpaired) electrons. The maximum absolute atomic E-state index is 10.6. The van der Waals surface area contributed by atoms with E-state index in [1.54, 1.807) is 12.4 Å². The summed E-state index contributed by atoms with van der Waals surface area (Å²) in [5.41, 5.74) is 4.78. The molecule has 0 spiro atoms. The third kappa shape index (κ3) is 4.64. The van der Waals surface area contributed by atoms with Gasteiger partial charge in [0, 0.05) is 29.4 Å². The molecular formula is C23H27N3O. The number of aromatic amines is 1. The number of aliphatic imine (C=N–C) groups is 1. The molecule has 1 aromatic heterocycles. The molecule has 0 bridgehead atoms. The Balaban J connectivity index is 2.07. The number of rotatable bonds is 5. The summed E-state index contributed by atoms with van der Waals surface area (Å²) in [4.78, 5) is 12.2. The van der Waals surface area contributed by atoms with Gasteiger partial charge in [-0.05, 0) is 30.0 Å². The Bertz CT molecular complexity index is 907. The molecular weight excluding hydrogens is 334 g/mol. The number of hydrogen-bond donors (Lipinski definition) is 2. The monoisotopic (exact) mass is 361 g/mol. The number of H-pyrrole nitrogens is 1. The number of aromatic nitrogens is 2. The normalized spacial score (nSPS) is 13.6. The minimum Gasteiger partial charge on any atom is -0.507 e. The summed E-state index contributed by atoms with van der Waals surface area (Å²) in [5, 5.41) is 10.6. The number of aromatic hydroxyl groups is 1. The first kappa shape index (κ1) is 18.9. The molecule has 0 aliphatic rings. The molecule has 27 heavy (non-hydrogen) atoms. The third-order valence-electron chi connectivity index (χ3n) is 4.58. The summed E-state index contributed by atoms with van der Waals surface area (Å²) in [5.74, 6) is 0.249. The van der Waals surface area contributed by atoms with Crippen molar-refractivity contribution in [2.45, 2.75) is 45.6 Å². The second kappa shape index (κ2) is 7.78. The standard InChI is InChI=1S/C23H27N3O/c1-16(12-19-14-24-15-25-19)26-22(17-8-6-5-7-9-17)20-13-18(23(2,3)4)10-11-21(20)27/h5-11,13-16,27H,12H2,1-4H3,(H,24,25)/t16-/m1/s1. The van der Waals surface area contributed by atoms with Gasteiger partial charge in [0.1, 0.15) is 5.75 Å². The minimum atomic E-state index is -0.00815. The molecule has 2 N–H and O–H groups in total.